The molecule has 1 fully saturated rings. The molecule has 0 spiro atoms. The van der Waals surface area contributed by atoms with Gasteiger partial charge in [0.25, 0.3) is 0 Å². The van der Waals surface area contributed by atoms with Gasteiger partial charge >= 0.3 is 6.03 Å². The van der Waals surface area contributed by atoms with Gasteiger partial charge in [-0.25, -0.2) is 9.79 Å². The van der Waals surface area contributed by atoms with Gasteiger partial charge in [-0.2, -0.15) is 4.99 Å². The van der Waals surface area contributed by atoms with Crippen molar-refractivity contribution in [1.29, 1.82) is 0 Å². The number of hydrogen-bond donors (Lipinski definition) is 1. The van der Waals surface area contributed by atoms with Crippen molar-refractivity contribution in [2.45, 2.75) is 19.3 Å². The lowest BCUT2D eigenvalue weighted by Crippen LogP contribution is -2.24. The third-order valence-corrected chi connectivity index (χ3v) is 5.54. The zero-order valence-corrected chi connectivity index (χ0v) is 14.3. The number of hydrogen-bond acceptors (Lipinski definition) is 3. The van der Waals surface area contributed by atoms with Crippen LogP contribution >= 0.6 is 35.0 Å². The molecule has 5 nitrogen and oxygen atoms in total. The number of carbonyl (C=O) groups excluding carboxylic acids is 2. The Morgan fingerprint density at radius 2 is 2.17 bits per heavy atom. The van der Waals surface area contributed by atoms with Crippen LogP contribution in [0.1, 0.15) is 19.3 Å². The lowest BCUT2D eigenvalue weighted by molar-refractivity contribution is -0.113. The summed E-state index contributed by atoms with van der Waals surface area (Å²) in [6.45, 7) is 0. The number of anilines is 1. The Morgan fingerprint density at radius 1 is 1.35 bits per heavy atom. The van der Waals surface area contributed by atoms with Crippen molar-refractivity contribution < 1.29 is 9.59 Å². The lowest BCUT2D eigenvalue weighted by atomic mass is 10.1. The van der Waals surface area contributed by atoms with E-state index in [0.717, 1.165) is 25.0 Å². The fourth-order valence-electron chi connectivity index (χ4n) is 2.61. The maximum atomic E-state index is 12.1. The van der Waals surface area contributed by atoms with E-state index in [4.69, 9.17) is 23.2 Å². The van der Waals surface area contributed by atoms with Gasteiger partial charge in [0.1, 0.15) is 0 Å². The van der Waals surface area contributed by atoms with Gasteiger partial charge < -0.3 is 5.32 Å². The highest BCUT2D eigenvalue weighted by Gasteiger charge is 2.32. The molecule has 1 unspecified atom stereocenters. The molecule has 1 heterocycles. The van der Waals surface area contributed by atoms with Crippen molar-refractivity contribution in [2.75, 3.05) is 11.1 Å². The van der Waals surface area contributed by atoms with Crippen LogP contribution < -0.4 is 5.32 Å². The molecule has 3 amide bonds. The van der Waals surface area contributed by atoms with E-state index < -0.39 is 6.03 Å². The molecular formula is C15H13Cl2N3O2S. The average molecular weight is 370 g/mol. The SMILES string of the molecule is O=C1N=C2CCCC2C(SCC(=O)Nc2cccc(Cl)c2Cl)=N1. The topological polar surface area (TPSA) is 70.9 Å². The van der Waals surface area contributed by atoms with Gasteiger partial charge in [0, 0.05) is 11.6 Å². The first kappa shape index (κ1) is 16.5. The van der Waals surface area contributed by atoms with Crippen LogP contribution in [-0.2, 0) is 4.79 Å². The largest absolute Gasteiger partial charge is 0.367 e. The number of amides is 3. The number of rotatable bonds is 3. The number of carbonyl (C=O) groups is 2. The second-order valence-corrected chi connectivity index (χ2v) is 7.00. The first-order valence-electron chi connectivity index (χ1n) is 7.11. The third-order valence-electron chi connectivity index (χ3n) is 3.65. The minimum Gasteiger partial charge on any atom is -0.324 e. The summed E-state index contributed by atoms with van der Waals surface area (Å²) in [6, 6.07) is 4.57. The lowest BCUT2D eigenvalue weighted by Gasteiger charge is -2.16. The van der Waals surface area contributed by atoms with Gasteiger partial charge in [-0.1, -0.05) is 41.0 Å². The minimum absolute atomic E-state index is 0.0975. The molecule has 0 radical (unpaired) electrons. The summed E-state index contributed by atoms with van der Waals surface area (Å²) in [5.74, 6) is 0.0234. The predicted molar refractivity (Wildman–Crippen MR) is 95.2 cm³/mol. The maximum absolute atomic E-state index is 12.1. The van der Waals surface area contributed by atoms with Crippen molar-refractivity contribution in [3.63, 3.8) is 0 Å². The van der Waals surface area contributed by atoms with Crippen molar-refractivity contribution in [2.24, 2.45) is 15.9 Å². The molecule has 3 rings (SSSR count). The summed E-state index contributed by atoms with van der Waals surface area (Å²) < 4.78 is 0. The van der Waals surface area contributed by atoms with Gasteiger partial charge in [0.05, 0.1) is 26.5 Å². The average Bonchev–Trinajstić information content (AvgIpc) is 2.97. The van der Waals surface area contributed by atoms with E-state index in [1.807, 2.05) is 0 Å². The van der Waals surface area contributed by atoms with E-state index in [9.17, 15) is 9.59 Å². The molecule has 1 aliphatic carbocycles. The van der Waals surface area contributed by atoms with Crippen LogP contribution in [0.5, 0.6) is 0 Å². The number of thioether (sulfide) groups is 1. The third kappa shape index (κ3) is 3.76. The van der Waals surface area contributed by atoms with Gasteiger partial charge in [0.2, 0.25) is 5.91 Å². The highest BCUT2D eigenvalue weighted by Crippen LogP contribution is 2.32. The Labute approximate surface area is 147 Å². The molecule has 0 bridgehead atoms. The van der Waals surface area contributed by atoms with Gasteiger partial charge in [-0.3, -0.25) is 4.79 Å². The molecule has 1 N–H and O–H groups in total. The molecule has 8 heteroatoms. The standard InChI is InChI=1S/C15H13Cl2N3O2S/c16-9-4-2-6-11(13(9)17)18-12(21)7-23-14-8-3-1-5-10(8)19-15(22)20-14/h2,4,6,8H,1,3,5,7H2,(H,18,21). The summed E-state index contributed by atoms with van der Waals surface area (Å²) in [5, 5.41) is 4.09. The first-order valence-corrected chi connectivity index (χ1v) is 8.85. The zero-order chi connectivity index (χ0) is 16.4. The number of nitrogens with zero attached hydrogens (tertiary/aromatic N) is 2. The monoisotopic (exact) mass is 369 g/mol. The number of nitrogens with one attached hydrogen (secondary N) is 1. The Hall–Kier alpha value is -1.37. The molecular weight excluding hydrogens is 357 g/mol. The van der Waals surface area contributed by atoms with Crippen molar-refractivity contribution in [1.82, 2.24) is 0 Å². The maximum Gasteiger partial charge on any atom is 0.367 e. The van der Waals surface area contributed by atoms with E-state index in [1.165, 1.54) is 11.8 Å². The fourth-order valence-corrected chi connectivity index (χ4v) is 3.90. The van der Waals surface area contributed by atoms with E-state index >= 15 is 0 Å². The normalized spacial score (nSPS) is 19.9. The molecule has 1 aromatic carbocycles. The molecule has 0 aromatic heterocycles. The number of urea groups is 1. The van der Waals surface area contributed by atoms with Crippen LogP contribution in [0.3, 0.4) is 0 Å². The Balaban J connectivity index is 1.61. The number of benzene rings is 1. The zero-order valence-electron chi connectivity index (χ0n) is 12.0. The summed E-state index contributed by atoms with van der Waals surface area (Å²) in [4.78, 5) is 31.5. The fraction of sp³-hybridized carbons (Fsp3) is 0.333. The van der Waals surface area contributed by atoms with E-state index in [1.54, 1.807) is 18.2 Å². The number of fused-ring (bicyclic) bond motifs is 1. The van der Waals surface area contributed by atoms with Crippen LogP contribution in [0.4, 0.5) is 10.5 Å². The highest BCUT2D eigenvalue weighted by atomic mass is 35.5. The molecule has 120 valence electrons. The summed E-state index contributed by atoms with van der Waals surface area (Å²) in [6.07, 6.45) is 2.76. The molecule has 1 aromatic rings. The molecule has 23 heavy (non-hydrogen) atoms. The van der Waals surface area contributed by atoms with Crippen molar-refractivity contribution in [3.8, 4) is 0 Å². The quantitative estimate of drug-likeness (QED) is 0.855. The molecule has 1 atom stereocenters. The Kier molecular flexibility index (Phi) is 5.04. The van der Waals surface area contributed by atoms with Crippen molar-refractivity contribution >= 4 is 63.3 Å². The van der Waals surface area contributed by atoms with Crippen LogP contribution in [0.2, 0.25) is 10.0 Å². The second-order valence-electron chi connectivity index (χ2n) is 5.22. The summed E-state index contributed by atoms with van der Waals surface area (Å²) >= 11 is 13.2. The molecule has 1 aliphatic heterocycles. The van der Waals surface area contributed by atoms with E-state index in [-0.39, 0.29) is 17.6 Å². The number of halogens is 2. The van der Waals surface area contributed by atoms with Gasteiger partial charge in [0.15, 0.2) is 0 Å². The van der Waals surface area contributed by atoms with Crippen LogP contribution in [-0.4, -0.2) is 28.4 Å². The van der Waals surface area contributed by atoms with E-state index in [2.05, 4.69) is 15.3 Å². The molecule has 1 saturated carbocycles. The first-order chi connectivity index (χ1) is 11.0. The highest BCUT2D eigenvalue weighted by molar-refractivity contribution is 8.14. The predicted octanol–water partition coefficient (Wildman–Crippen LogP) is 4.44. The van der Waals surface area contributed by atoms with Gasteiger partial charge in [-0.05, 0) is 31.4 Å². The van der Waals surface area contributed by atoms with Gasteiger partial charge in [-0.15, -0.1) is 0 Å². The molecule has 0 saturated heterocycles. The van der Waals surface area contributed by atoms with Crippen LogP contribution in [0.15, 0.2) is 28.2 Å². The van der Waals surface area contributed by atoms with E-state index in [0.29, 0.717) is 20.8 Å². The minimum atomic E-state index is -0.473. The summed E-state index contributed by atoms with van der Waals surface area (Å²) in [7, 11) is 0. The second kappa shape index (κ2) is 7.03. The summed E-state index contributed by atoms with van der Waals surface area (Å²) in [5.41, 5.74) is 1.36. The Morgan fingerprint density at radius 3 is 3.00 bits per heavy atom. The number of aliphatic imine (C=N–C) groups is 2. The van der Waals surface area contributed by atoms with Crippen LogP contribution in [0.25, 0.3) is 0 Å². The smallest absolute Gasteiger partial charge is 0.324 e. The molecule has 2 aliphatic rings. The van der Waals surface area contributed by atoms with Crippen LogP contribution in [0, 0.1) is 5.92 Å². The van der Waals surface area contributed by atoms with Crippen molar-refractivity contribution in [3.05, 3.63) is 28.2 Å². The Bertz CT molecular complexity index is 733.